The molecule has 7 nitrogen and oxygen atoms in total. The number of hydrogen-bond donors (Lipinski definition) is 0. The van der Waals surface area contributed by atoms with Crippen molar-refractivity contribution in [2.24, 2.45) is 5.10 Å². The summed E-state index contributed by atoms with van der Waals surface area (Å²) in [6.07, 6.45) is 0.699. The van der Waals surface area contributed by atoms with E-state index in [9.17, 15) is 14.0 Å². The van der Waals surface area contributed by atoms with Gasteiger partial charge in [-0.05, 0) is 55.7 Å². The van der Waals surface area contributed by atoms with Gasteiger partial charge in [0.2, 0.25) is 5.88 Å². The Balaban J connectivity index is 1.77. The van der Waals surface area contributed by atoms with Crippen LogP contribution in [0.3, 0.4) is 0 Å². The molecule has 2 heterocycles. The minimum absolute atomic E-state index is 0.166. The fourth-order valence-electron chi connectivity index (χ4n) is 5.57. The Bertz CT molecular complexity index is 1440. The van der Waals surface area contributed by atoms with E-state index in [0.29, 0.717) is 30.3 Å². The Morgan fingerprint density at radius 1 is 0.975 bits per heavy atom. The lowest BCUT2D eigenvalue weighted by atomic mass is 9.73. The van der Waals surface area contributed by atoms with Gasteiger partial charge in [-0.3, -0.25) is 4.79 Å². The van der Waals surface area contributed by atoms with E-state index in [4.69, 9.17) is 14.6 Å². The SMILES string of the molecule is CCCOC1=C(C(=O)OCC)C(c2ccccc2)C2(C(=O)N(c3ccc(F)cc3)N=C2C)N1Cc1ccccc1. The molecule has 0 saturated carbocycles. The second kappa shape index (κ2) is 11.3. The molecule has 2 aliphatic heterocycles. The normalized spacial score (nSPS) is 20.4. The number of rotatable bonds is 9. The molecular weight excluding hydrogens is 509 g/mol. The number of hydrogen-bond acceptors (Lipinski definition) is 6. The number of nitrogens with zero attached hydrogens (tertiary/aromatic N) is 3. The fourth-order valence-corrected chi connectivity index (χ4v) is 5.57. The standard InChI is InChI=1S/C32H32FN3O4/c1-4-20-40-29-27(30(37)39-5-2)28(24-14-10-7-11-15-24)32(35(29)21-23-12-8-6-9-13-23)22(3)34-36(31(32)38)26-18-16-25(33)17-19-26/h6-19,28H,4-5,20-21H2,1-3H3. The Morgan fingerprint density at radius 3 is 2.25 bits per heavy atom. The Morgan fingerprint density at radius 2 is 1.62 bits per heavy atom. The van der Waals surface area contributed by atoms with Crippen molar-refractivity contribution in [3.63, 3.8) is 0 Å². The number of benzene rings is 3. The topological polar surface area (TPSA) is 71.4 Å². The van der Waals surface area contributed by atoms with Crippen LogP contribution in [-0.2, 0) is 25.6 Å². The summed E-state index contributed by atoms with van der Waals surface area (Å²) < 4.78 is 25.7. The van der Waals surface area contributed by atoms with Crippen LogP contribution in [0, 0.1) is 5.82 Å². The molecule has 0 bridgehead atoms. The van der Waals surface area contributed by atoms with Crippen LogP contribution in [0.4, 0.5) is 10.1 Å². The van der Waals surface area contributed by atoms with Crippen molar-refractivity contribution in [2.45, 2.75) is 45.2 Å². The summed E-state index contributed by atoms with van der Waals surface area (Å²) in [4.78, 5) is 30.4. The van der Waals surface area contributed by atoms with E-state index in [1.54, 1.807) is 13.8 Å². The highest BCUT2D eigenvalue weighted by atomic mass is 19.1. The third-order valence-electron chi connectivity index (χ3n) is 7.25. The summed E-state index contributed by atoms with van der Waals surface area (Å²) >= 11 is 0. The van der Waals surface area contributed by atoms with E-state index in [1.165, 1.54) is 29.3 Å². The molecule has 40 heavy (non-hydrogen) atoms. The molecule has 2 aliphatic rings. The maximum absolute atomic E-state index is 14.8. The fraction of sp³-hybridized carbons (Fsp3) is 0.281. The van der Waals surface area contributed by atoms with Crippen molar-refractivity contribution in [1.82, 2.24) is 4.90 Å². The molecule has 206 valence electrons. The van der Waals surface area contributed by atoms with Gasteiger partial charge in [0, 0.05) is 6.54 Å². The zero-order valence-electron chi connectivity index (χ0n) is 22.8. The monoisotopic (exact) mass is 541 g/mol. The lowest BCUT2D eigenvalue weighted by molar-refractivity contribution is -0.139. The predicted octanol–water partition coefficient (Wildman–Crippen LogP) is 5.79. The molecule has 3 aromatic rings. The molecule has 0 aliphatic carbocycles. The molecule has 3 aromatic carbocycles. The Hall–Kier alpha value is -4.46. The Kier molecular flexibility index (Phi) is 7.69. The van der Waals surface area contributed by atoms with Gasteiger partial charge in [0.1, 0.15) is 11.4 Å². The smallest absolute Gasteiger partial charge is 0.340 e. The Labute approximate surface area is 233 Å². The lowest BCUT2D eigenvalue weighted by Crippen LogP contribution is -2.59. The summed E-state index contributed by atoms with van der Waals surface area (Å²) in [7, 11) is 0. The number of esters is 1. The van der Waals surface area contributed by atoms with E-state index in [-0.39, 0.29) is 24.6 Å². The quantitative estimate of drug-likeness (QED) is 0.321. The molecular formula is C32H32FN3O4. The largest absolute Gasteiger partial charge is 0.479 e. The number of carbonyl (C=O) groups excluding carboxylic acids is 2. The number of halogens is 1. The summed E-state index contributed by atoms with van der Waals surface area (Å²) in [6, 6.07) is 24.8. The summed E-state index contributed by atoms with van der Waals surface area (Å²) in [6.45, 7) is 6.31. The molecule has 2 atom stereocenters. The molecule has 1 amide bonds. The van der Waals surface area contributed by atoms with Crippen LogP contribution in [0.1, 0.15) is 44.2 Å². The molecule has 0 aromatic heterocycles. The average Bonchev–Trinajstić information content (AvgIpc) is 3.40. The first-order valence-electron chi connectivity index (χ1n) is 13.5. The highest BCUT2D eigenvalue weighted by molar-refractivity contribution is 6.25. The molecule has 5 rings (SSSR count). The van der Waals surface area contributed by atoms with Crippen molar-refractivity contribution in [1.29, 1.82) is 0 Å². The van der Waals surface area contributed by atoms with Crippen molar-refractivity contribution >= 4 is 23.3 Å². The van der Waals surface area contributed by atoms with Gasteiger partial charge in [-0.1, -0.05) is 67.6 Å². The van der Waals surface area contributed by atoms with Crippen LogP contribution in [0.5, 0.6) is 0 Å². The van der Waals surface area contributed by atoms with Crippen LogP contribution in [0.15, 0.2) is 101 Å². The zero-order valence-corrected chi connectivity index (χ0v) is 22.8. The lowest BCUT2D eigenvalue weighted by Gasteiger charge is -2.40. The number of hydrazone groups is 1. The van der Waals surface area contributed by atoms with E-state index < -0.39 is 23.2 Å². The van der Waals surface area contributed by atoms with Gasteiger partial charge in [-0.25, -0.2) is 9.18 Å². The van der Waals surface area contributed by atoms with E-state index >= 15 is 0 Å². The van der Waals surface area contributed by atoms with Crippen LogP contribution >= 0.6 is 0 Å². The average molecular weight is 542 g/mol. The van der Waals surface area contributed by atoms with Crippen LogP contribution in [0.2, 0.25) is 0 Å². The minimum atomic E-state index is -1.43. The van der Waals surface area contributed by atoms with Crippen LogP contribution < -0.4 is 5.01 Å². The highest BCUT2D eigenvalue weighted by Gasteiger charge is 2.66. The van der Waals surface area contributed by atoms with Gasteiger partial charge in [-0.2, -0.15) is 10.1 Å². The molecule has 0 fully saturated rings. The molecule has 0 N–H and O–H groups in total. The van der Waals surface area contributed by atoms with E-state index in [2.05, 4.69) is 0 Å². The third kappa shape index (κ3) is 4.53. The summed E-state index contributed by atoms with van der Waals surface area (Å²) in [5.41, 5.74) is 1.44. The van der Waals surface area contributed by atoms with E-state index in [0.717, 1.165) is 11.1 Å². The first-order chi connectivity index (χ1) is 19.4. The zero-order chi connectivity index (χ0) is 28.3. The van der Waals surface area contributed by atoms with Crippen molar-refractivity contribution in [2.75, 3.05) is 18.2 Å². The second-order valence-electron chi connectivity index (χ2n) is 9.75. The van der Waals surface area contributed by atoms with Crippen molar-refractivity contribution in [3.8, 4) is 0 Å². The minimum Gasteiger partial charge on any atom is -0.479 e. The highest BCUT2D eigenvalue weighted by Crippen LogP contribution is 2.53. The van der Waals surface area contributed by atoms with Gasteiger partial charge < -0.3 is 14.4 Å². The van der Waals surface area contributed by atoms with Gasteiger partial charge >= 0.3 is 5.97 Å². The summed E-state index contributed by atoms with van der Waals surface area (Å²) in [5, 5.41) is 6.03. The van der Waals surface area contributed by atoms with Crippen molar-refractivity contribution < 1.29 is 23.5 Å². The first kappa shape index (κ1) is 27.1. The summed E-state index contributed by atoms with van der Waals surface area (Å²) in [5.74, 6) is -1.79. The molecule has 0 radical (unpaired) electrons. The van der Waals surface area contributed by atoms with Gasteiger partial charge in [0.25, 0.3) is 5.91 Å². The molecule has 1 spiro atoms. The molecule has 0 saturated heterocycles. The third-order valence-corrected chi connectivity index (χ3v) is 7.25. The van der Waals surface area contributed by atoms with Crippen LogP contribution in [0.25, 0.3) is 0 Å². The second-order valence-corrected chi connectivity index (χ2v) is 9.75. The molecule has 8 heteroatoms. The number of carbonyl (C=O) groups is 2. The molecule has 2 unspecified atom stereocenters. The maximum Gasteiger partial charge on any atom is 0.340 e. The number of anilines is 1. The van der Waals surface area contributed by atoms with Crippen molar-refractivity contribution in [3.05, 3.63) is 113 Å². The maximum atomic E-state index is 14.8. The van der Waals surface area contributed by atoms with Gasteiger partial charge in [0.15, 0.2) is 5.54 Å². The van der Waals surface area contributed by atoms with Gasteiger partial charge in [0.05, 0.1) is 30.5 Å². The van der Waals surface area contributed by atoms with E-state index in [1.807, 2.05) is 72.5 Å². The number of ether oxygens (including phenoxy) is 2. The number of amides is 1. The first-order valence-corrected chi connectivity index (χ1v) is 13.5. The predicted molar refractivity (Wildman–Crippen MR) is 151 cm³/mol. The van der Waals surface area contributed by atoms with Gasteiger partial charge in [-0.15, -0.1) is 0 Å². The van der Waals surface area contributed by atoms with Crippen LogP contribution in [-0.4, -0.2) is 41.2 Å².